The van der Waals surface area contributed by atoms with Gasteiger partial charge in [0.1, 0.15) is 0 Å². The predicted molar refractivity (Wildman–Crippen MR) is 91.4 cm³/mol. The van der Waals surface area contributed by atoms with Gasteiger partial charge in [-0.2, -0.15) is 13.2 Å². The molecular weight excluding hydrogens is 363 g/mol. The van der Waals surface area contributed by atoms with Crippen LogP contribution in [0, 0.1) is 0 Å². The van der Waals surface area contributed by atoms with E-state index in [1.807, 2.05) is 0 Å². The van der Waals surface area contributed by atoms with Crippen LogP contribution in [0.1, 0.15) is 39.6 Å². The normalized spacial score (nSPS) is 11.0. The predicted octanol–water partition coefficient (Wildman–Crippen LogP) is 4.09. The molecule has 27 heavy (non-hydrogen) atoms. The van der Waals surface area contributed by atoms with E-state index in [-0.39, 0.29) is 17.0 Å². The average molecular weight is 379 g/mol. The summed E-state index contributed by atoms with van der Waals surface area (Å²) in [7, 11) is 0. The van der Waals surface area contributed by atoms with Crippen LogP contribution in [-0.4, -0.2) is 24.3 Å². The maximum absolute atomic E-state index is 12.5. The molecule has 2 rings (SSSR count). The standard InChI is InChI=1S/C19H16F3NO4/c1-2-17(25)23-15-9-5-12(6-10-15)16(24)11-27-18(26)13-3-7-14(8-4-13)19(20,21)22/h3-10H,2,11H2,1H3,(H,23,25). The van der Waals surface area contributed by atoms with E-state index in [1.165, 1.54) is 12.1 Å². The van der Waals surface area contributed by atoms with Crippen LogP contribution >= 0.6 is 0 Å². The molecule has 1 N–H and O–H groups in total. The Kier molecular flexibility index (Phi) is 6.33. The largest absolute Gasteiger partial charge is 0.454 e. The van der Waals surface area contributed by atoms with Crippen LogP contribution < -0.4 is 5.32 Å². The molecule has 0 unspecified atom stereocenters. The highest BCUT2D eigenvalue weighted by molar-refractivity contribution is 6.00. The van der Waals surface area contributed by atoms with Crippen molar-refractivity contribution in [3.63, 3.8) is 0 Å². The molecule has 1 amide bonds. The summed E-state index contributed by atoms with van der Waals surface area (Å²) in [5.41, 5.74) is -0.177. The molecule has 0 saturated carbocycles. The van der Waals surface area contributed by atoms with Crippen molar-refractivity contribution in [1.29, 1.82) is 0 Å². The van der Waals surface area contributed by atoms with E-state index < -0.39 is 30.1 Å². The molecule has 0 atom stereocenters. The van der Waals surface area contributed by atoms with Crippen molar-refractivity contribution < 1.29 is 32.3 Å². The molecule has 2 aromatic carbocycles. The smallest absolute Gasteiger partial charge is 0.416 e. The van der Waals surface area contributed by atoms with E-state index >= 15 is 0 Å². The number of ether oxygens (including phenoxy) is 1. The van der Waals surface area contributed by atoms with Crippen LogP contribution in [0.3, 0.4) is 0 Å². The maximum Gasteiger partial charge on any atom is 0.416 e. The van der Waals surface area contributed by atoms with Crippen molar-refractivity contribution in [3.8, 4) is 0 Å². The molecule has 8 heteroatoms. The van der Waals surface area contributed by atoms with Gasteiger partial charge in [-0.1, -0.05) is 6.92 Å². The first-order valence-electron chi connectivity index (χ1n) is 7.98. The highest BCUT2D eigenvalue weighted by atomic mass is 19.4. The summed E-state index contributed by atoms with van der Waals surface area (Å²) in [5.74, 6) is -1.55. The number of anilines is 1. The number of esters is 1. The average Bonchev–Trinajstić information content (AvgIpc) is 2.65. The summed E-state index contributed by atoms with van der Waals surface area (Å²) in [4.78, 5) is 35.2. The second-order valence-electron chi connectivity index (χ2n) is 5.55. The molecule has 0 spiro atoms. The zero-order valence-corrected chi connectivity index (χ0v) is 14.3. The van der Waals surface area contributed by atoms with Crippen molar-refractivity contribution >= 4 is 23.3 Å². The number of carbonyl (C=O) groups excluding carboxylic acids is 3. The first-order chi connectivity index (χ1) is 12.7. The van der Waals surface area contributed by atoms with Gasteiger partial charge < -0.3 is 10.1 Å². The second-order valence-corrected chi connectivity index (χ2v) is 5.55. The lowest BCUT2D eigenvalue weighted by atomic mass is 10.1. The van der Waals surface area contributed by atoms with Crippen LogP contribution in [0.5, 0.6) is 0 Å². The fourth-order valence-electron chi connectivity index (χ4n) is 2.08. The van der Waals surface area contributed by atoms with Gasteiger partial charge in [0, 0.05) is 17.7 Å². The first kappa shape index (κ1) is 20.2. The molecule has 5 nitrogen and oxygen atoms in total. The molecule has 2 aromatic rings. The topological polar surface area (TPSA) is 72.5 Å². The molecule has 0 fully saturated rings. The Morgan fingerprint density at radius 2 is 1.48 bits per heavy atom. The molecule has 0 radical (unpaired) electrons. The minimum Gasteiger partial charge on any atom is -0.454 e. The summed E-state index contributed by atoms with van der Waals surface area (Å²) in [6.45, 7) is 1.15. The van der Waals surface area contributed by atoms with E-state index in [4.69, 9.17) is 4.74 Å². The third kappa shape index (κ3) is 5.67. The molecular formula is C19H16F3NO4. The van der Waals surface area contributed by atoms with Crippen molar-refractivity contribution in [2.24, 2.45) is 0 Å². The maximum atomic E-state index is 12.5. The van der Waals surface area contributed by atoms with E-state index in [1.54, 1.807) is 19.1 Å². The Morgan fingerprint density at radius 1 is 0.926 bits per heavy atom. The number of hydrogen-bond acceptors (Lipinski definition) is 4. The fourth-order valence-corrected chi connectivity index (χ4v) is 2.08. The number of ketones is 1. The molecule has 0 aliphatic rings. The minimum absolute atomic E-state index is 0.0894. The lowest BCUT2D eigenvalue weighted by molar-refractivity contribution is -0.137. The highest BCUT2D eigenvalue weighted by Gasteiger charge is 2.30. The number of amides is 1. The van der Waals surface area contributed by atoms with Gasteiger partial charge in [-0.25, -0.2) is 4.79 Å². The van der Waals surface area contributed by atoms with Gasteiger partial charge >= 0.3 is 12.1 Å². The van der Waals surface area contributed by atoms with Crippen LogP contribution in [-0.2, 0) is 15.7 Å². The number of hydrogen-bond donors (Lipinski definition) is 1. The molecule has 142 valence electrons. The second kappa shape index (κ2) is 8.48. The summed E-state index contributed by atoms with van der Waals surface area (Å²) in [5, 5.41) is 2.63. The summed E-state index contributed by atoms with van der Waals surface area (Å²) in [6, 6.07) is 9.53. The zero-order valence-electron chi connectivity index (χ0n) is 14.3. The monoisotopic (exact) mass is 379 g/mol. The van der Waals surface area contributed by atoms with Crippen LogP contribution in [0.25, 0.3) is 0 Å². The molecule has 0 bridgehead atoms. The van der Waals surface area contributed by atoms with Crippen molar-refractivity contribution in [2.45, 2.75) is 19.5 Å². The van der Waals surface area contributed by atoms with Crippen LogP contribution in [0.15, 0.2) is 48.5 Å². The number of carbonyl (C=O) groups is 3. The Labute approximate surface area is 153 Å². The van der Waals surface area contributed by atoms with Crippen molar-refractivity contribution in [1.82, 2.24) is 0 Å². The lowest BCUT2D eigenvalue weighted by Gasteiger charge is -2.08. The SMILES string of the molecule is CCC(=O)Nc1ccc(C(=O)COC(=O)c2ccc(C(F)(F)F)cc2)cc1. The van der Waals surface area contributed by atoms with Crippen LogP contribution in [0.2, 0.25) is 0 Å². The summed E-state index contributed by atoms with van der Waals surface area (Å²) < 4.78 is 42.3. The van der Waals surface area contributed by atoms with E-state index in [2.05, 4.69) is 5.32 Å². The molecule has 0 saturated heterocycles. The molecule has 0 aliphatic heterocycles. The van der Waals surface area contributed by atoms with Gasteiger partial charge in [-0.05, 0) is 48.5 Å². The third-order valence-corrected chi connectivity index (χ3v) is 3.59. The Morgan fingerprint density at radius 3 is 2.00 bits per heavy atom. The number of Topliss-reactive ketones (excluding diaryl/α,β-unsaturated/α-hetero) is 1. The van der Waals surface area contributed by atoms with Gasteiger partial charge in [0.05, 0.1) is 11.1 Å². The van der Waals surface area contributed by atoms with Gasteiger partial charge in [-0.3, -0.25) is 9.59 Å². The molecule has 0 aromatic heterocycles. The Balaban J connectivity index is 1.92. The molecule has 0 aliphatic carbocycles. The fraction of sp³-hybridized carbons (Fsp3) is 0.211. The summed E-state index contributed by atoms with van der Waals surface area (Å²) in [6.07, 6.45) is -4.18. The first-order valence-corrected chi connectivity index (χ1v) is 7.98. The zero-order chi connectivity index (χ0) is 20.0. The highest BCUT2D eigenvalue weighted by Crippen LogP contribution is 2.29. The van der Waals surface area contributed by atoms with Gasteiger partial charge in [-0.15, -0.1) is 0 Å². The number of rotatable bonds is 6. The van der Waals surface area contributed by atoms with Gasteiger partial charge in [0.15, 0.2) is 12.4 Å². The van der Waals surface area contributed by atoms with Crippen molar-refractivity contribution in [3.05, 3.63) is 65.2 Å². The van der Waals surface area contributed by atoms with E-state index in [0.29, 0.717) is 12.1 Å². The third-order valence-electron chi connectivity index (χ3n) is 3.59. The van der Waals surface area contributed by atoms with Gasteiger partial charge in [0.2, 0.25) is 5.91 Å². The number of alkyl halides is 3. The minimum atomic E-state index is -4.50. The van der Waals surface area contributed by atoms with E-state index in [9.17, 15) is 27.6 Å². The quantitative estimate of drug-likeness (QED) is 0.606. The Hall–Kier alpha value is -3.16. The van der Waals surface area contributed by atoms with Crippen molar-refractivity contribution in [2.75, 3.05) is 11.9 Å². The summed E-state index contributed by atoms with van der Waals surface area (Å²) >= 11 is 0. The Bertz CT molecular complexity index is 828. The molecule has 0 heterocycles. The van der Waals surface area contributed by atoms with E-state index in [0.717, 1.165) is 24.3 Å². The van der Waals surface area contributed by atoms with Gasteiger partial charge in [0.25, 0.3) is 0 Å². The van der Waals surface area contributed by atoms with Crippen LogP contribution in [0.4, 0.5) is 18.9 Å². The number of nitrogens with one attached hydrogen (secondary N) is 1. The lowest BCUT2D eigenvalue weighted by Crippen LogP contribution is -2.15. The number of halogens is 3. The number of benzene rings is 2.